The van der Waals surface area contributed by atoms with Gasteiger partial charge in [-0.15, -0.1) is 0 Å². The van der Waals surface area contributed by atoms with Crippen molar-refractivity contribution < 1.29 is 14.6 Å². The SMILES string of the molecule is CN(C)C(=O)CN1C[C@@H]2CC[C@H](C1)N(Cc1ccccc1OCCO)C2. The summed E-state index contributed by atoms with van der Waals surface area (Å²) in [5.41, 5.74) is 1.17. The molecule has 2 atom stereocenters. The second-order valence-electron chi connectivity index (χ2n) is 7.69. The van der Waals surface area contributed by atoms with Gasteiger partial charge in [0.15, 0.2) is 0 Å². The number of carbonyl (C=O) groups is 1. The number of ether oxygens (including phenoxy) is 1. The van der Waals surface area contributed by atoms with E-state index in [1.165, 1.54) is 18.4 Å². The smallest absolute Gasteiger partial charge is 0.236 e. The Kier molecular flexibility index (Phi) is 6.51. The number of carbonyl (C=O) groups excluding carboxylic acids is 1. The van der Waals surface area contributed by atoms with Crippen molar-refractivity contribution in [1.29, 1.82) is 0 Å². The minimum Gasteiger partial charge on any atom is -0.491 e. The molecule has 4 rings (SSSR count). The number of benzene rings is 1. The summed E-state index contributed by atoms with van der Waals surface area (Å²) < 4.78 is 5.70. The lowest BCUT2D eigenvalue weighted by molar-refractivity contribution is -0.130. The first-order valence-corrected chi connectivity index (χ1v) is 9.55. The first-order chi connectivity index (χ1) is 12.6. The summed E-state index contributed by atoms with van der Waals surface area (Å²) in [6, 6.07) is 8.58. The van der Waals surface area contributed by atoms with Crippen LogP contribution in [0.15, 0.2) is 24.3 Å². The van der Waals surface area contributed by atoms with Crippen molar-refractivity contribution in [3.63, 3.8) is 0 Å². The van der Waals surface area contributed by atoms with Crippen molar-refractivity contribution in [1.82, 2.24) is 14.7 Å². The van der Waals surface area contributed by atoms with Gasteiger partial charge in [0.2, 0.25) is 5.91 Å². The third kappa shape index (κ3) is 4.75. The second-order valence-corrected chi connectivity index (χ2v) is 7.69. The number of aliphatic hydroxyl groups is 1. The third-order valence-electron chi connectivity index (χ3n) is 5.46. The van der Waals surface area contributed by atoms with Crippen molar-refractivity contribution in [2.45, 2.75) is 25.4 Å². The predicted molar refractivity (Wildman–Crippen MR) is 101 cm³/mol. The largest absolute Gasteiger partial charge is 0.491 e. The highest BCUT2D eigenvalue weighted by Gasteiger charge is 2.35. The summed E-state index contributed by atoms with van der Waals surface area (Å²) in [7, 11) is 3.65. The topological polar surface area (TPSA) is 56.3 Å². The molecule has 3 heterocycles. The lowest BCUT2D eigenvalue weighted by Gasteiger charge is -2.36. The monoisotopic (exact) mass is 361 g/mol. The second kappa shape index (κ2) is 8.84. The molecule has 26 heavy (non-hydrogen) atoms. The van der Waals surface area contributed by atoms with E-state index in [1.54, 1.807) is 4.90 Å². The van der Waals surface area contributed by atoms with Crippen molar-refractivity contribution in [2.24, 2.45) is 5.92 Å². The maximum atomic E-state index is 12.1. The molecule has 1 aromatic carbocycles. The Hall–Kier alpha value is -1.63. The van der Waals surface area contributed by atoms with Crippen molar-refractivity contribution in [3.05, 3.63) is 29.8 Å². The van der Waals surface area contributed by atoms with Gasteiger partial charge in [0, 0.05) is 51.9 Å². The van der Waals surface area contributed by atoms with Crippen LogP contribution in [0.1, 0.15) is 18.4 Å². The third-order valence-corrected chi connectivity index (χ3v) is 5.46. The molecule has 3 aliphatic rings. The van der Waals surface area contributed by atoms with E-state index < -0.39 is 0 Å². The Morgan fingerprint density at radius 3 is 2.81 bits per heavy atom. The van der Waals surface area contributed by atoms with Gasteiger partial charge in [-0.05, 0) is 24.8 Å². The van der Waals surface area contributed by atoms with Gasteiger partial charge in [-0.1, -0.05) is 18.2 Å². The average molecular weight is 361 g/mol. The zero-order valence-electron chi connectivity index (χ0n) is 15.9. The van der Waals surface area contributed by atoms with Gasteiger partial charge in [0.1, 0.15) is 12.4 Å². The Bertz CT molecular complexity index is 608. The van der Waals surface area contributed by atoms with Crippen molar-refractivity contribution >= 4 is 5.91 Å². The van der Waals surface area contributed by atoms with Crippen molar-refractivity contribution in [3.8, 4) is 5.75 Å². The van der Waals surface area contributed by atoms with Crippen LogP contribution in [0.3, 0.4) is 0 Å². The molecular weight excluding hydrogens is 330 g/mol. The molecule has 3 fully saturated rings. The molecule has 0 unspecified atom stereocenters. The summed E-state index contributed by atoms with van der Waals surface area (Å²) in [5, 5.41) is 9.03. The Morgan fingerprint density at radius 2 is 2.04 bits per heavy atom. The van der Waals surface area contributed by atoms with Crippen LogP contribution >= 0.6 is 0 Å². The van der Waals surface area contributed by atoms with E-state index in [-0.39, 0.29) is 12.5 Å². The molecule has 3 aliphatic heterocycles. The molecule has 3 saturated heterocycles. The Labute approximate surface area is 156 Å². The fourth-order valence-electron chi connectivity index (χ4n) is 4.08. The van der Waals surface area contributed by atoms with Crippen LogP contribution in [0.2, 0.25) is 0 Å². The van der Waals surface area contributed by atoms with E-state index in [9.17, 15) is 4.79 Å². The normalized spacial score (nSPS) is 23.7. The molecule has 1 aromatic rings. The van der Waals surface area contributed by atoms with Crippen LogP contribution in [-0.2, 0) is 11.3 Å². The lowest BCUT2D eigenvalue weighted by Crippen LogP contribution is -2.44. The van der Waals surface area contributed by atoms with Crippen LogP contribution in [0.4, 0.5) is 0 Å². The van der Waals surface area contributed by atoms with Gasteiger partial charge in [-0.2, -0.15) is 0 Å². The first kappa shape index (κ1) is 19.1. The standard InChI is InChI=1S/C20H31N3O3/c1-21(2)20(25)15-22-11-16-7-8-18(14-22)23(12-16)13-17-5-3-4-6-19(17)26-10-9-24/h3-6,16,18,24H,7-15H2,1-2H3/t16-,18+/m0/s1. The van der Waals surface area contributed by atoms with Crippen molar-refractivity contribution in [2.75, 3.05) is 53.5 Å². The van der Waals surface area contributed by atoms with E-state index in [2.05, 4.69) is 15.9 Å². The number of amides is 1. The van der Waals surface area contributed by atoms with E-state index in [1.807, 2.05) is 32.3 Å². The summed E-state index contributed by atoms with van der Waals surface area (Å²) in [4.78, 5) is 18.7. The lowest BCUT2D eigenvalue weighted by atomic mass is 9.94. The Balaban J connectivity index is 1.66. The van der Waals surface area contributed by atoms with E-state index in [4.69, 9.17) is 9.84 Å². The number of nitrogens with zero attached hydrogens (tertiary/aromatic N) is 3. The average Bonchev–Trinajstić information content (AvgIpc) is 2.91. The molecule has 2 bridgehead atoms. The van der Waals surface area contributed by atoms with Gasteiger partial charge in [-0.25, -0.2) is 0 Å². The fraction of sp³-hybridized carbons (Fsp3) is 0.650. The molecule has 144 valence electrons. The quantitative estimate of drug-likeness (QED) is 0.787. The minimum absolute atomic E-state index is 0.0254. The zero-order valence-corrected chi connectivity index (χ0v) is 15.9. The first-order valence-electron chi connectivity index (χ1n) is 9.55. The minimum atomic E-state index is 0.0254. The van der Waals surface area contributed by atoms with Gasteiger partial charge >= 0.3 is 0 Å². The maximum absolute atomic E-state index is 12.1. The summed E-state index contributed by atoms with van der Waals surface area (Å²) in [6.45, 7) is 4.76. The number of piperidine rings is 1. The van der Waals surface area contributed by atoms with Gasteiger partial charge < -0.3 is 14.7 Å². The van der Waals surface area contributed by atoms with E-state index in [0.29, 0.717) is 25.1 Å². The summed E-state index contributed by atoms with van der Waals surface area (Å²) >= 11 is 0. The fourth-order valence-corrected chi connectivity index (χ4v) is 4.08. The molecule has 0 aromatic heterocycles. The summed E-state index contributed by atoms with van der Waals surface area (Å²) in [6.07, 6.45) is 2.44. The van der Waals surface area contributed by atoms with Crippen LogP contribution < -0.4 is 4.74 Å². The molecule has 1 N–H and O–H groups in total. The number of fused-ring (bicyclic) bond motifs is 4. The number of hydrogen-bond acceptors (Lipinski definition) is 5. The molecule has 6 heteroatoms. The highest BCUT2D eigenvalue weighted by atomic mass is 16.5. The van der Waals surface area contributed by atoms with Gasteiger partial charge in [0.05, 0.1) is 13.2 Å². The maximum Gasteiger partial charge on any atom is 0.236 e. The number of hydrogen-bond donors (Lipinski definition) is 1. The number of rotatable bonds is 7. The van der Waals surface area contributed by atoms with Crippen LogP contribution in [-0.4, -0.2) is 85.2 Å². The summed E-state index contributed by atoms with van der Waals surface area (Å²) in [5.74, 6) is 1.66. The Morgan fingerprint density at radius 1 is 1.23 bits per heavy atom. The van der Waals surface area contributed by atoms with Crippen LogP contribution in [0.5, 0.6) is 5.75 Å². The number of para-hydroxylation sites is 1. The van der Waals surface area contributed by atoms with E-state index in [0.717, 1.165) is 31.9 Å². The molecular formula is C20H31N3O3. The molecule has 0 aliphatic carbocycles. The molecule has 0 saturated carbocycles. The van der Waals surface area contributed by atoms with Gasteiger partial charge in [-0.3, -0.25) is 14.6 Å². The zero-order chi connectivity index (χ0) is 18.5. The highest BCUT2D eigenvalue weighted by Crippen LogP contribution is 2.30. The number of likely N-dealkylation sites (N-methyl/N-ethyl adjacent to an activating group) is 1. The van der Waals surface area contributed by atoms with Gasteiger partial charge in [0.25, 0.3) is 0 Å². The molecule has 6 nitrogen and oxygen atoms in total. The molecule has 0 radical (unpaired) electrons. The molecule has 1 amide bonds. The van der Waals surface area contributed by atoms with Crippen LogP contribution in [0, 0.1) is 5.92 Å². The number of aliphatic hydroxyl groups excluding tert-OH is 1. The highest BCUT2D eigenvalue weighted by molar-refractivity contribution is 5.77. The van der Waals surface area contributed by atoms with E-state index >= 15 is 0 Å². The predicted octanol–water partition coefficient (Wildman–Crippen LogP) is 1.04. The molecule has 0 spiro atoms. The van der Waals surface area contributed by atoms with Crippen LogP contribution in [0.25, 0.3) is 0 Å².